The summed E-state index contributed by atoms with van der Waals surface area (Å²) in [6, 6.07) is 12.7. The summed E-state index contributed by atoms with van der Waals surface area (Å²) < 4.78 is 5.68. The lowest BCUT2D eigenvalue weighted by Gasteiger charge is -2.06. The van der Waals surface area contributed by atoms with Crippen LogP contribution in [-0.2, 0) is 17.8 Å². The number of carbonyl (C=O) groups excluding carboxylic acids is 2. The summed E-state index contributed by atoms with van der Waals surface area (Å²) in [5, 5.41) is 2.57. The highest BCUT2D eigenvalue weighted by molar-refractivity contribution is 7.09. The van der Waals surface area contributed by atoms with Crippen molar-refractivity contribution in [2.75, 3.05) is 0 Å². The minimum atomic E-state index is -0.477. The fourth-order valence-corrected chi connectivity index (χ4v) is 2.88. The van der Waals surface area contributed by atoms with Crippen LogP contribution in [0.3, 0.4) is 0 Å². The van der Waals surface area contributed by atoms with E-state index in [2.05, 4.69) is 20.8 Å². The van der Waals surface area contributed by atoms with Crippen LogP contribution in [0, 0.1) is 6.92 Å². The van der Waals surface area contributed by atoms with Crippen molar-refractivity contribution in [3.63, 3.8) is 0 Å². The maximum atomic E-state index is 12.0. The van der Waals surface area contributed by atoms with Crippen LogP contribution < -0.4 is 15.6 Å². The van der Waals surface area contributed by atoms with Crippen molar-refractivity contribution in [3.05, 3.63) is 76.0 Å². The van der Waals surface area contributed by atoms with Gasteiger partial charge in [0, 0.05) is 11.6 Å². The Kier molecular flexibility index (Phi) is 6.11. The molecule has 0 fully saturated rings. The number of rotatable bonds is 6. The Morgan fingerprint density at radius 3 is 2.67 bits per heavy atom. The minimum absolute atomic E-state index is 0.0591. The molecule has 3 aromatic rings. The lowest BCUT2D eigenvalue weighted by Crippen LogP contribution is -2.42. The van der Waals surface area contributed by atoms with E-state index in [1.807, 2.05) is 31.2 Å². The summed E-state index contributed by atoms with van der Waals surface area (Å²) in [5.74, 6) is -0.0719. The van der Waals surface area contributed by atoms with E-state index in [9.17, 15) is 9.59 Å². The van der Waals surface area contributed by atoms with Crippen molar-refractivity contribution in [2.24, 2.45) is 0 Å². The van der Waals surface area contributed by atoms with Crippen molar-refractivity contribution >= 4 is 23.2 Å². The number of hydrogen-bond donors (Lipinski definition) is 2. The van der Waals surface area contributed by atoms with Crippen molar-refractivity contribution in [1.82, 2.24) is 20.8 Å². The van der Waals surface area contributed by atoms with E-state index in [4.69, 9.17) is 4.74 Å². The molecule has 0 saturated heterocycles. The summed E-state index contributed by atoms with van der Waals surface area (Å²) in [6.45, 7) is 2.35. The van der Waals surface area contributed by atoms with E-state index in [-0.39, 0.29) is 18.0 Å². The SMILES string of the molecule is Cc1ccc(OCc2nc(CC(=O)NNC(=O)c3ccccn3)cs2)cc1. The minimum Gasteiger partial charge on any atom is -0.486 e. The van der Waals surface area contributed by atoms with Gasteiger partial charge in [0.1, 0.15) is 23.1 Å². The predicted molar refractivity (Wildman–Crippen MR) is 101 cm³/mol. The highest BCUT2D eigenvalue weighted by atomic mass is 32.1. The summed E-state index contributed by atoms with van der Waals surface area (Å²) in [6.07, 6.45) is 1.57. The van der Waals surface area contributed by atoms with Crippen LogP contribution >= 0.6 is 11.3 Å². The zero-order chi connectivity index (χ0) is 19.1. The van der Waals surface area contributed by atoms with E-state index < -0.39 is 5.91 Å². The Bertz CT molecular complexity index is 910. The first-order valence-electron chi connectivity index (χ1n) is 8.23. The van der Waals surface area contributed by atoms with Crippen LogP contribution in [0.4, 0.5) is 0 Å². The van der Waals surface area contributed by atoms with Gasteiger partial charge in [0.2, 0.25) is 5.91 Å². The topological polar surface area (TPSA) is 93.2 Å². The van der Waals surface area contributed by atoms with Crippen LogP contribution in [0.25, 0.3) is 0 Å². The van der Waals surface area contributed by atoms with Crippen LogP contribution in [-0.4, -0.2) is 21.8 Å². The van der Waals surface area contributed by atoms with Crippen LogP contribution in [0.1, 0.15) is 26.8 Å². The van der Waals surface area contributed by atoms with E-state index >= 15 is 0 Å². The second-order valence-electron chi connectivity index (χ2n) is 5.73. The largest absolute Gasteiger partial charge is 0.486 e. The molecule has 2 aromatic heterocycles. The predicted octanol–water partition coefficient (Wildman–Crippen LogP) is 2.43. The van der Waals surface area contributed by atoms with Gasteiger partial charge in [0.25, 0.3) is 5.91 Å². The first-order valence-corrected chi connectivity index (χ1v) is 9.11. The first-order chi connectivity index (χ1) is 13.1. The smallest absolute Gasteiger partial charge is 0.288 e. The van der Waals surface area contributed by atoms with Gasteiger partial charge in [-0.15, -0.1) is 11.3 Å². The number of hydrazine groups is 1. The molecule has 3 rings (SSSR count). The molecule has 0 spiro atoms. The Morgan fingerprint density at radius 1 is 1.11 bits per heavy atom. The molecule has 8 heteroatoms. The van der Waals surface area contributed by atoms with Gasteiger partial charge < -0.3 is 4.74 Å². The van der Waals surface area contributed by atoms with E-state index in [0.29, 0.717) is 12.3 Å². The number of aromatic nitrogens is 2. The van der Waals surface area contributed by atoms with Gasteiger partial charge in [-0.2, -0.15) is 0 Å². The molecule has 2 heterocycles. The maximum Gasteiger partial charge on any atom is 0.288 e. The van der Waals surface area contributed by atoms with Gasteiger partial charge in [-0.05, 0) is 31.2 Å². The monoisotopic (exact) mass is 382 g/mol. The van der Waals surface area contributed by atoms with Gasteiger partial charge in [-0.25, -0.2) is 4.98 Å². The average molecular weight is 382 g/mol. The molecule has 138 valence electrons. The average Bonchev–Trinajstić information content (AvgIpc) is 3.13. The number of ether oxygens (including phenoxy) is 1. The zero-order valence-corrected chi connectivity index (χ0v) is 15.5. The van der Waals surface area contributed by atoms with Gasteiger partial charge in [-0.1, -0.05) is 23.8 Å². The summed E-state index contributed by atoms with van der Waals surface area (Å²) in [5.41, 5.74) is 6.69. The van der Waals surface area contributed by atoms with Crippen molar-refractivity contribution < 1.29 is 14.3 Å². The second kappa shape index (κ2) is 8.91. The van der Waals surface area contributed by atoms with Crippen molar-refractivity contribution in [3.8, 4) is 5.75 Å². The third-order valence-electron chi connectivity index (χ3n) is 3.54. The maximum absolute atomic E-state index is 12.0. The summed E-state index contributed by atoms with van der Waals surface area (Å²) >= 11 is 1.42. The number of benzene rings is 1. The third kappa shape index (κ3) is 5.61. The molecule has 0 atom stereocenters. The van der Waals surface area contributed by atoms with E-state index in [0.717, 1.165) is 10.8 Å². The Labute approximate surface area is 160 Å². The highest BCUT2D eigenvalue weighted by Gasteiger charge is 2.11. The Morgan fingerprint density at radius 2 is 1.93 bits per heavy atom. The zero-order valence-electron chi connectivity index (χ0n) is 14.6. The van der Waals surface area contributed by atoms with Crippen molar-refractivity contribution in [2.45, 2.75) is 20.0 Å². The van der Waals surface area contributed by atoms with E-state index in [1.165, 1.54) is 23.1 Å². The molecule has 27 heavy (non-hydrogen) atoms. The van der Waals surface area contributed by atoms with E-state index in [1.54, 1.807) is 23.6 Å². The van der Waals surface area contributed by atoms with Gasteiger partial charge in [0.15, 0.2) is 0 Å². The van der Waals surface area contributed by atoms with Crippen LogP contribution in [0.5, 0.6) is 5.75 Å². The second-order valence-corrected chi connectivity index (χ2v) is 6.67. The molecule has 0 aliphatic carbocycles. The van der Waals surface area contributed by atoms with Gasteiger partial charge in [0.05, 0.1) is 12.1 Å². The third-order valence-corrected chi connectivity index (χ3v) is 4.41. The van der Waals surface area contributed by atoms with Crippen molar-refractivity contribution in [1.29, 1.82) is 0 Å². The molecule has 7 nitrogen and oxygen atoms in total. The number of nitrogens with one attached hydrogen (secondary N) is 2. The first kappa shape index (κ1) is 18.5. The van der Waals surface area contributed by atoms with Crippen LogP contribution in [0.15, 0.2) is 54.0 Å². The standard InChI is InChI=1S/C19H18N4O3S/c1-13-5-7-15(8-6-13)26-11-18-21-14(12-27-18)10-17(24)22-23-19(25)16-4-2-3-9-20-16/h2-9,12H,10-11H2,1H3,(H,22,24)(H,23,25). The normalized spacial score (nSPS) is 10.3. The fourth-order valence-electron chi connectivity index (χ4n) is 2.17. The molecule has 0 radical (unpaired) electrons. The Hall–Kier alpha value is -3.26. The number of carbonyl (C=O) groups is 2. The highest BCUT2D eigenvalue weighted by Crippen LogP contribution is 2.16. The van der Waals surface area contributed by atoms with Crippen LogP contribution in [0.2, 0.25) is 0 Å². The molecule has 2 amide bonds. The number of aryl methyl sites for hydroxylation is 1. The molecule has 0 unspecified atom stereocenters. The molecule has 0 aliphatic rings. The van der Waals surface area contributed by atoms with Gasteiger partial charge >= 0.3 is 0 Å². The lowest BCUT2D eigenvalue weighted by molar-refractivity contribution is -0.121. The van der Waals surface area contributed by atoms with Gasteiger partial charge in [-0.3, -0.25) is 25.4 Å². The molecule has 2 N–H and O–H groups in total. The molecular weight excluding hydrogens is 364 g/mol. The summed E-state index contributed by atoms with van der Waals surface area (Å²) in [7, 11) is 0. The number of thiazole rings is 1. The number of amides is 2. The Balaban J connectivity index is 1.45. The summed E-state index contributed by atoms with van der Waals surface area (Å²) in [4.78, 5) is 32.1. The quantitative estimate of drug-likeness (QED) is 0.639. The number of pyridine rings is 1. The lowest BCUT2D eigenvalue weighted by atomic mass is 10.2. The number of nitrogens with zero attached hydrogens (tertiary/aromatic N) is 2. The fraction of sp³-hybridized carbons (Fsp3) is 0.158. The molecule has 0 aliphatic heterocycles. The molecular formula is C19H18N4O3S. The number of hydrogen-bond acceptors (Lipinski definition) is 6. The molecule has 0 saturated carbocycles. The molecule has 0 bridgehead atoms. The molecule has 1 aromatic carbocycles.